The van der Waals surface area contributed by atoms with Gasteiger partial charge in [0.2, 0.25) is 0 Å². The molecule has 0 aliphatic carbocycles. The largest absolute Gasteiger partial charge is 0.388 e. The van der Waals surface area contributed by atoms with Crippen molar-refractivity contribution >= 4 is 0 Å². The Kier molecular flexibility index (Phi) is 3.29. The van der Waals surface area contributed by atoms with Crippen molar-refractivity contribution in [1.29, 1.82) is 0 Å². The standard InChI is InChI=1S/C9H18O4/c1-4(2)9-8(12)7(11)6(10)5(3)13-9/h4-12H,1-3H3. The second-order valence-electron chi connectivity index (χ2n) is 4.02. The molecule has 1 heterocycles. The molecule has 0 spiro atoms. The van der Waals surface area contributed by atoms with Crippen LogP contribution in [-0.2, 0) is 4.74 Å². The minimum atomic E-state index is -1.10. The summed E-state index contributed by atoms with van der Waals surface area (Å²) in [6, 6.07) is 0. The topological polar surface area (TPSA) is 69.9 Å². The monoisotopic (exact) mass is 190 g/mol. The molecule has 1 fully saturated rings. The van der Waals surface area contributed by atoms with E-state index in [0.29, 0.717) is 0 Å². The van der Waals surface area contributed by atoms with Gasteiger partial charge in [0.25, 0.3) is 0 Å². The Balaban J connectivity index is 2.70. The van der Waals surface area contributed by atoms with Crippen molar-refractivity contribution in [2.45, 2.75) is 51.3 Å². The zero-order valence-electron chi connectivity index (χ0n) is 8.21. The van der Waals surface area contributed by atoms with Gasteiger partial charge >= 0.3 is 0 Å². The molecule has 4 heteroatoms. The Labute approximate surface area is 78.1 Å². The molecule has 0 aromatic heterocycles. The van der Waals surface area contributed by atoms with Gasteiger partial charge < -0.3 is 20.1 Å². The molecular weight excluding hydrogens is 172 g/mol. The van der Waals surface area contributed by atoms with Gasteiger partial charge in [-0.05, 0) is 12.8 Å². The van der Waals surface area contributed by atoms with Gasteiger partial charge in [-0.1, -0.05) is 13.8 Å². The van der Waals surface area contributed by atoms with E-state index in [9.17, 15) is 15.3 Å². The van der Waals surface area contributed by atoms with Crippen LogP contribution in [0.3, 0.4) is 0 Å². The van der Waals surface area contributed by atoms with Crippen molar-refractivity contribution in [3.05, 3.63) is 0 Å². The molecule has 1 aliphatic heterocycles. The van der Waals surface area contributed by atoms with Crippen molar-refractivity contribution in [1.82, 2.24) is 0 Å². The van der Waals surface area contributed by atoms with E-state index in [4.69, 9.17) is 4.74 Å². The summed E-state index contributed by atoms with van der Waals surface area (Å²) < 4.78 is 5.38. The highest BCUT2D eigenvalue weighted by Gasteiger charge is 2.42. The quantitative estimate of drug-likeness (QED) is 0.522. The second kappa shape index (κ2) is 3.92. The SMILES string of the molecule is CC(C)C1OC(C)C(O)C(O)C1O. The van der Waals surface area contributed by atoms with Crippen molar-refractivity contribution in [2.75, 3.05) is 0 Å². The molecule has 0 saturated carbocycles. The van der Waals surface area contributed by atoms with Gasteiger partial charge in [0.05, 0.1) is 12.2 Å². The van der Waals surface area contributed by atoms with E-state index in [-0.39, 0.29) is 5.92 Å². The van der Waals surface area contributed by atoms with Gasteiger partial charge in [-0.25, -0.2) is 0 Å². The zero-order valence-corrected chi connectivity index (χ0v) is 8.21. The molecule has 5 unspecified atom stereocenters. The summed E-state index contributed by atoms with van der Waals surface area (Å²) in [6.07, 6.45) is -3.91. The smallest absolute Gasteiger partial charge is 0.111 e. The highest BCUT2D eigenvalue weighted by molar-refractivity contribution is 4.91. The molecule has 4 nitrogen and oxygen atoms in total. The van der Waals surface area contributed by atoms with Crippen LogP contribution in [0.1, 0.15) is 20.8 Å². The lowest BCUT2D eigenvalue weighted by atomic mass is 9.90. The number of aliphatic hydroxyl groups excluding tert-OH is 3. The van der Waals surface area contributed by atoms with E-state index in [0.717, 1.165) is 0 Å². The summed E-state index contributed by atoms with van der Waals surface area (Å²) in [7, 11) is 0. The predicted molar refractivity (Wildman–Crippen MR) is 47.2 cm³/mol. The van der Waals surface area contributed by atoms with Crippen LogP contribution in [-0.4, -0.2) is 45.8 Å². The molecule has 0 radical (unpaired) electrons. The maximum absolute atomic E-state index is 9.56. The van der Waals surface area contributed by atoms with Gasteiger partial charge in [0.1, 0.15) is 18.3 Å². The Morgan fingerprint density at radius 2 is 1.54 bits per heavy atom. The van der Waals surface area contributed by atoms with E-state index in [1.807, 2.05) is 13.8 Å². The summed E-state index contributed by atoms with van der Waals surface area (Å²) >= 11 is 0. The molecule has 78 valence electrons. The van der Waals surface area contributed by atoms with Gasteiger partial charge in [0.15, 0.2) is 0 Å². The van der Waals surface area contributed by atoms with Crippen LogP contribution in [0.15, 0.2) is 0 Å². The van der Waals surface area contributed by atoms with Crippen LogP contribution in [0.4, 0.5) is 0 Å². The fourth-order valence-corrected chi connectivity index (χ4v) is 1.63. The average molecular weight is 190 g/mol. The Morgan fingerprint density at radius 1 is 1.00 bits per heavy atom. The van der Waals surface area contributed by atoms with Crippen LogP contribution in [0.5, 0.6) is 0 Å². The third-order valence-electron chi connectivity index (χ3n) is 2.55. The first kappa shape index (κ1) is 10.9. The van der Waals surface area contributed by atoms with E-state index >= 15 is 0 Å². The highest BCUT2D eigenvalue weighted by atomic mass is 16.5. The van der Waals surface area contributed by atoms with Crippen LogP contribution in [0.2, 0.25) is 0 Å². The van der Waals surface area contributed by atoms with E-state index in [1.54, 1.807) is 6.92 Å². The molecule has 0 aromatic carbocycles. The summed E-state index contributed by atoms with van der Waals surface area (Å²) in [4.78, 5) is 0. The van der Waals surface area contributed by atoms with Crippen molar-refractivity contribution in [3.8, 4) is 0 Å². The molecule has 1 aliphatic rings. The second-order valence-corrected chi connectivity index (χ2v) is 4.02. The Morgan fingerprint density at radius 3 is 2.00 bits per heavy atom. The molecule has 0 amide bonds. The fourth-order valence-electron chi connectivity index (χ4n) is 1.63. The maximum atomic E-state index is 9.56. The molecule has 13 heavy (non-hydrogen) atoms. The molecular formula is C9H18O4. The molecule has 0 aromatic rings. The van der Waals surface area contributed by atoms with Gasteiger partial charge in [-0.3, -0.25) is 0 Å². The predicted octanol–water partition coefficient (Wildman–Crippen LogP) is -0.488. The van der Waals surface area contributed by atoms with Crippen LogP contribution >= 0.6 is 0 Å². The first-order chi connectivity index (χ1) is 5.95. The Hall–Kier alpha value is -0.160. The fraction of sp³-hybridized carbons (Fsp3) is 1.00. The highest BCUT2D eigenvalue weighted by Crippen LogP contribution is 2.25. The summed E-state index contributed by atoms with van der Waals surface area (Å²) in [5.74, 6) is 0.125. The summed E-state index contributed by atoms with van der Waals surface area (Å²) in [5, 5.41) is 28.4. The third kappa shape index (κ3) is 2.02. The van der Waals surface area contributed by atoms with Crippen LogP contribution in [0, 0.1) is 5.92 Å². The van der Waals surface area contributed by atoms with Gasteiger partial charge in [-0.15, -0.1) is 0 Å². The Bertz CT molecular complexity index is 171. The first-order valence-corrected chi connectivity index (χ1v) is 4.64. The zero-order chi connectivity index (χ0) is 10.2. The van der Waals surface area contributed by atoms with E-state index < -0.39 is 30.5 Å². The lowest BCUT2D eigenvalue weighted by Crippen LogP contribution is -2.57. The molecule has 1 saturated heterocycles. The maximum Gasteiger partial charge on any atom is 0.111 e. The third-order valence-corrected chi connectivity index (χ3v) is 2.55. The van der Waals surface area contributed by atoms with Crippen molar-refractivity contribution in [2.24, 2.45) is 5.92 Å². The molecule has 1 rings (SSSR count). The average Bonchev–Trinajstić information content (AvgIpc) is 2.07. The van der Waals surface area contributed by atoms with Crippen molar-refractivity contribution in [3.63, 3.8) is 0 Å². The lowest BCUT2D eigenvalue weighted by molar-refractivity contribution is -0.226. The number of hydrogen-bond acceptors (Lipinski definition) is 4. The molecule has 0 bridgehead atoms. The lowest BCUT2D eigenvalue weighted by Gasteiger charge is -2.41. The van der Waals surface area contributed by atoms with E-state index in [1.165, 1.54) is 0 Å². The van der Waals surface area contributed by atoms with Crippen LogP contribution < -0.4 is 0 Å². The number of hydrogen-bond donors (Lipinski definition) is 3. The molecule has 5 atom stereocenters. The number of aliphatic hydroxyl groups is 3. The molecule has 3 N–H and O–H groups in total. The number of rotatable bonds is 1. The summed E-state index contributed by atoms with van der Waals surface area (Å²) in [5.41, 5.74) is 0. The van der Waals surface area contributed by atoms with Crippen LogP contribution in [0.25, 0.3) is 0 Å². The van der Waals surface area contributed by atoms with Gasteiger partial charge in [-0.2, -0.15) is 0 Å². The minimum absolute atomic E-state index is 0.125. The normalized spacial score (nSPS) is 46.8. The number of ether oxygens (including phenoxy) is 1. The van der Waals surface area contributed by atoms with E-state index in [2.05, 4.69) is 0 Å². The van der Waals surface area contributed by atoms with Gasteiger partial charge in [0, 0.05) is 0 Å². The minimum Gasteiger partial charge on any atom is -0.388 e. The summed E-state index contributed by atoms with van der Waals surface area (Å²) in [6.45, 7) is 5.51. The first-order valence-electron chi connectivity index (χ1n) is 4.64. The van der Waals surface area contributed by atoms with Crippen molar-refractivity contribution < 1.29 is 20.1 Å².